The zero-order valence-corrected chi connectivity index (χ0v) is 18.7. The molecule has 0 aliphatic heterocycles. The molecule has 0 bridgehead atoms. The first kappa shape index (κ1) is 21.3. The molecule has 4 rings (SSSR count). The average Bonchev–Trinajstić information content (AvgIpc) is 3.43. The second kappa shape index (κ2) is 9.90. The Morgan fingerprint density at radius 3 is 2.81 bits per heavy atom. The third kappa shape index (κ3) is 5.40. The van der Waals surface area contributed by atoms with Crippen LogP contribution in [0.2, 0.25) is 5.02 Å². The lowest BCUT2D eigenvalue weighted by molar-refractivity contribution is -0.113. The Morgan fingerprint density at radius 1 is 1.23 bits per heavy atom. The fourth-order valence-electron chi connectivity index (χ4n) is 2.72. The Hall–Kier alpha value is -2.95. The number of rotatable bonds is 8. The van der Waals surface area contributed by atoms with Gasteiger partial charge in [0.15, 0.2) is 5.13 Å². The van der Waals surface area contributed by atoms with Gasteiger partial charge in [-0.1, -0.05) is 41.6 Å². The minimum absolute atomic E-state index is 0.149. The van der Waals surface area contributed by atoms with Gasteiger partial charge in [0.25, 0.3) is 0 Å². The van der Waals surface area contributed by atoms with Crippen LogP contribution in [0.25, 0.3) is 5.69 Å². The number of thioether (sulfide) groups is 1. The fourth-order valence-corrected chi connectivity index (χ4v) is 4.46. The molecule has 0 spiro atoms. The predicted octanol–water partition coefficient (Wildman–Crippen LogP) is 4.10. The van der Waals surface area contributed by atoms with Crippen molar-refractivity contribution in [2.24, 2.45) is 0 Å². The van der Waals surface area contributed by atoms with Crippen LogP contribution >= 0.6 is 34.7 Å². The average molecular weight is 473 g/mol. The van der Waals surface area contributed by atoms with Gasteiger partial charge in [0.1, 0.15) is 5.75 Å². The van der Waals surface area contributed by atoms with Gasteiger partial charge < -0.3 is 10.1 Å². The summed E-state index contributed by atoms with van der Waals surface area (Å²) in [7, 11) is 1.61. The van der Waals surface area contributed by atoms with Crippen molar-refractivity contribution in [1.82, 2.24) is 25.2 Å². The van der Waals surface area contributed by atoms with Crippen molar-refractivity contribution < 1.29 is 9.53 Å². The molecule has 1 N–H and O–H groups in total. The lowest BCUT2D eigenvalue weighted by atomic mass is 10.1. The van der Waals surface area contributed by atoms with Crippen molar-refractivity contribution in [3.8, 4) is 11.4 Å². The molecule has 8 nitrogen and oxygen atoms in total. The molecule has 4 aromatic rings. The standard InChI is InChI=1S/C20H17ClN6O2S2/c1-29-15-8-6-14(7-9-15)27-20(24-25-26-27)30-12-18(28)23-19-22-11-16(31-19)10-13-4-2-3-5-17(13)21/h2-9,11H,10,12H2,1H3,(H,22,23,28). The minimum Gasteiger partial charge on any atom is -0.497 e. The summed E-state index contributed by atoms with van der Waals surface area (Å²) in [4.78, 5) is 17.7. The minimum atomic E-state index is -0.187. The number of hydrogen-bond donors (Lipinski definition) is 1. The molecule has 0 aliphatic carbocycles. The van der Waals surface area contributed by atoms with Crippen molar-refractivity contribution in [2.75, 3.05) is 18.2 Å². The monoisotopic (exact) mass is 472 g/mol. The Kier molecular flexibility index (Phi) is 6.80. The molecule has 158 valence electrons. The number of methoxy groups -OCH3 is 1. The highest BCUT2D eigenvalue weighted by atomic mass is 35.5. The number of halogens is 1. The molecule has 0 aliphatic rings. The zero-order valence-electron chi connectivity index (χ0n) is 16.4. The second-order valence-corrected chi connectivity index (χ2v) is 8.77. The van der Waals surface area contributed by atoms with Crippen LogP contribution in [0.4, 0.5) is 5.13 Å². The number of anilines is 1. The largest absolute Gasteiger partial charge is 0.497 e. The van der Waals surface area contributed by atoms with E-state index >= 15 is 0 Å². The van der Waals surface area contributed by atoms with E-state index in [-0.39, 0.29) is 11.7 Å². The quantitative estimate of drug-likeness (QED) is 0.386. The predicted molar refractivity (Wildman–Crippen MR) is 121 cm³/mol. The summed E-state index contributed by atoms with van der Waals surface area (Å²) in [5.74, 6) is 0.700. The number of carbonyl (C=O) groups excluding carboxylic acids is 1. The van der Waals surface area contributed by atoms with Crippen LogP contribution < -0.4 is 10.1 Å². The second-order valence-electron chi connectivity index (χ2n) is 6.31. The maximum absolute atomic E-state index is 12.4. The topological polar surface area (TPSA) is 94.8 Å². The number of thiazole rings is 1. The van der Waals surface area contributed by atoms with Crippen LogP contribution in [0.1, 0.15) is 10.4 Å². The van der Waals surface area contributed by atoms with Crippen LogP contribution in [0.3, 0.4) is 0 Å². The van der Waals surface area contributed by atoms with Crippen LogP contribution in [0.15, 0.2) is 59.9 Å². The van der Waals surface area contributed by atoms with Gasteiger partial charge in [-0.3, -0.25) is 4.79 Å². The van der Waals surface area contributed by atoms with E-state index < -0.39 is 0 Å². The molecule has 11 heteroatoms. The van der Waals surface area contributed by atoms with E-state index in [2.05, 4.69) is 25.8 Å². The summed E-state index contributed by atoms with van der Waals surface area (Å²) in [6.45, 7) is 0. The van der Waals surface area contributed by atoms with Crippen molar-refractivity contribution in [2.45, 2.75) is 11.6 Å². The van der Waals surface area contributed by atoms with Gasteiger partial charge in [0.2, 0.25) is 11.1 Å². The molecule has 0 atom stereocenters. The number of nitrogens with zero attached hydrogens (tertiary/aromatic N) is 5. The molecular formula is C20H17ClN6O2S2. The summed E-state index contributed by atoms with van der Waals surface area (Å²) >= 11 is 8.88. The van der Waals surface area contributed by atoms with Gasteiger partial charge in [-0.25, -0.2) is 4.98 Å². The molecule has 0 radical (unpaired) electrons. The lowest BCUT2D eigenvalue weighted by Gasteiger charge is -2.05. The van der Waals surface area contributed by atoms with E-state index in [9.17, 15) is 4.79 Å². The first-order valence-electron chi connectivity index (χ1n) is 9.16. The fraction of sp³-hybridized carbons (Fsp3) is 0.150. The first-order valence-corrected chi connectivity index (χ1v) is 11.3. The maximum Gasteiger partial charge on any atom is 0.236 e. The third-order valence-electron chi connectivity index (χ3n) is 4.21. The Morgan fingerprint density at radius 2 is 2.03 bits per heavy atom. The summed E-state index contributed by atoms with van der Waals surface area (Å²) in [6, 6.07) is 15.0. The molecule has 0 unspecified atom stereocenters. The normalized spacial score (nSPS) is 10.8. The van der Waals surface area contributed by atoms with Gasteiger partial charge in [0, 0.05) is 22.5 Å². The summed E-state index contributed by atoms with van der Waals surface area (Å²) in [6.07, 6.45) is 2.42. The van der Waals surface area contributed by atoms with E-state index in [0.29, 0.717) is 21.7 Å². The van der Waals surface area contributed by atoms with Gasteiger partial charge in [-0.2, -0.15) is 4.68 Å². The molecule has 31 heavy (non-hydrogen) atoms. The van der Waals surface area contributed by atoms with Crippen molar-refractivity contribution in [1.29, 1.82) is 0 Å². The summed E-state index contributed by atoms with van der Waals surface area (Å²) in [5, 5.41) is 16.3. The van der Waals surface area contributed by atoms with E-state index in [1.165, 1.54) is 23.1 Å². The number of benzene rings is 2. The molecule has 2 heterocycles. The highest BCUT2D eigenvalue weighted by Crippen LogP contribution is 2.25. The van der Waals surface area contributed by atoms with Crippen LogP contribution in [-0.2, 0) is 11.2 Å². The van der Waals surface area contributed by atoms with Crippen LogP contribution in [0, 0.1) is 0 Å². The van der Waals surface area contributed by atoms with Gasteiger partial charge in [-0.15, -0.1) is 16.4 Å². The molecule has 1 amide bonds. The number of aromatic nitrogens is 5. The number of ether oxygens (including phenoxy) is 1. The van der Waals surface area contributed by atoms with Gasteiger partial charge in [-0.05, 0) is 46.3 Å². The van der Waals surface area contributed by atoms with Crippen molar-refractivity contribution in [3.05, 3.63) is 70.2 Å². The summed E-state index contributed by atoms with van der Waals surface area (Å²) in [5.41, 5.74) is 1.80. The number of tetrazole rings is 1. The molecule has 0 saturated carbocycles. The summed E-state index contributed by atoms with van der Waals surface area (Å²) < 4.78 is 6.73. The highest BCUT2D eigenvalue weighted by molar-refractivity contribution is 7.99. The van der Waals surface area contributed by atoms with Crippen LogP contribution in [0.5, 0.6) is 5.75 Å². The maximum atomic E-state index is 12.4. The highest BCUT2D eigenvalue weighted by Gasteiger charge is 2.13. The number of amides is 1. The number of hydrogen-bond acceptors (Lipinski definition) is 8. The smallest absolute Gasteiger partial charge is 0.236 e. The molecule has 0 saturated heterocycles. The molecule has 2 aromatic heterocycles. The Balaban J connectivity index is 1.34. The van der Waals surface area contributed by atoms with E-state index in [0.717, 1.165) is 21.9 Å². The number of nitrogens with one attached hydrogen (secondary N) is 1. The molecular weight excluding hydrogens is 456 g/mol. The molecule has 2 aromatic carbocycles. The SMILES string of the molecule is COc1ccc(-n2nnnc2SCC(=O)Nc2ncc(Cc3ccccc3Cl)s2)cc1. The Labute approximate surface area is 191 Å². The van der Waals surface area contributed by atoms with E-state index in [4.69, 9.17) is 16.3 Å². The molecule has 0 fully saturated rings. The Bertz CT molecular complexity index is 1180. The van der Waals surface area contributed by atoms with Crippen molar-refractivity contribution in [3.63, 3.8) is 0 Å². The van der Waals surface area contributed by atoms with Gasteiger partial charge >= 0.3 is 0 Å². The first-order chi connectivity index (χ1) is 15.1. The number of carbonyl (C=O) groups is 1. The van der Waals surface area contributed by atoms with E-state index in [1.54, 1.807) is 18.0 Å². The zero-order chi connectivity index (χ0) is 21.6. The van der Waals surface area contributed by atoms with E-state index in [1.807, 2.05) is 48.5 Å². The van der Waals surface area contributed by atoms with Gasteiger partial charge in [0.05, 0.1) is 18.6 Å². The van der Waals surface area contributed by atoms with Crippen LogP contribution in [-0.4, -0.2) is 44.0 Å². The lowest BCUT2D eigenvalue weighted by Crippen LogP contribution is -2.14. The van der Waals surface area contributed by atoms with Crippen molar-refractivity contribution >= 4 is 45.7 Å². The third-order valence-corrected chi connectivity index (χ3v) is 6.41.